The molecule has 0 aliphatic heterocycles. The Balaban J connectivity index is 2.29. The van der Waals surface area contributed by atoms with Crippen molar-refractivity contribution in [3.8, 4) is 11.5 Å². The predicted molar refractivity (Wildman–Crippen MR) is 64.3 cm³/mol. The molecule has 88 valence electrons. The quantitative estimate of drug-likeness (QED) is 0.758. The lowest BCUT2D eigenvalue weighted by Gasteiger charge is -2.07. The summed E-state index contributed by atoms with van der Waals surface area (Å²) in [5.74, 6) is 1.28. The van der Waals surface area contributed by atoms with E-state index >= 15 is 0 Å². The molecule has 1 heterocycles. The Hall–Kier alpha value is -2.10. The molecule has 0 unspecified atom stereocenters. The van der Waals surface area contributed by atoms with Gasteiger partial charge in [0, 0.05) is 13.5 Å². The van der Waals surface area contributed by atoms with Crippen LogP contribution in [0.15, 0.2) is 36.7 Å². The van der Waals surface area contributed by atoms with Gasteiger partial charge in [0.2, 0.25) is 0 Å². The normalized spacial score (nSPS) is 10.2. The first-order valence-electron chi connectivity index (χ1n) is 5.49. The number of nitrogens with zero attached hydrogens (tertiary/aromatic N) is 2. The van der Waals surface area contributed by atoms with E-state index in [4.69, 9.17) is 4.74 Å². The van der Waals surface area contributed by atoms with Crippen LogP contribution in [0.3, 0.4) is 0 Å². The van der Waals surface area contributed by atoms with Gasteiger partial charge in [0.1, 0.15) is 5.75 Å². The largest absolute Gasteiger partial charge is 0.453 e. The SMILES string of the molecule is CCC(=O)c1ccccc1Oc1cnn(C)c1. The van der Waals surface area contributed by atoms with E-state index in [0.29, 0.717) is 23.5 Å². The molecule has 2 rings (SSSR count). The summed E-state index contributed by atoms with van der Waals surface area (Å²) in [5.41, 5.74) is 0.610. The fraction of sp³-hybridized carbons (Fsp3) is 0.231. The van der Waals surface area contributed by atoms with Crippen molar-refractivity contribution in [2.75, 3.05) is 0 Å². The van der Waals surface area contributed by atoms with Crippen molar-refractivity contribution in [1.29, 1.82) is 0 Å². The minimum atomic E-state index is 0.0736. The number of hydrogen-bond acceptors (Lipinski definition) is 3. The van der Waals surface area contributed by atoms with Crippen molar-refractivity contribution in [1.82, 2.24) is 9.78 Å². The first-order valence-corrected chi connectivity index (χ1v) is 5.49. The van der Waals surface area contributed by atoms with Gasteiger partial charge in [-0.15, -0.1) is 0 Å². The van der Waals surface area contributed by atoms with Gasteiger partial charge in [-0.05, 0) is 12.1 Å². The number of carbonyl (C=O) groups is 1. The van der Waals surface area contributed by atoms with Crippen molar-refractivity contribution in [2.45, 2.75) is 13.3 Å². The van der Waals surface area contributed by atoms with Gasteiger partial charge in [0.05, 0.1) is 18.0 Å². The molecule has 17 heavy (non-hydrogen) atoms. The van der Waals surface area contributed by atoms with Crippen LogP contribution in [0.2, 0.25) is 0 Å². The molecule has 0 amide bonds. The van der Waals surface area contributed by atoms with Crippen LogP contribution in [0.25, 0.3) is 0 Å². The maximum absolute atomic E-state index is 11.7. The zero-order valence-electron chi connectivity index (χ0n) is 9.88. The molecule has 0 fully saturated rings. The molecule has 4 nitrogen and oxygen atoms in total. The Morgan fingerprint density at radius 2 is 2.18 bits per heavy atom. The molecule has 0 radical (unpaired) electrons. The van der Waals surface area contributed by atoms with Crippen LogP contribution in [0.4, 0.5) is 0 Å². The lowest BCUT2D eigenvalue weighted by atomic mass is 10.1. The maximum Gasteiger partial charge on any atom is 0.166 e. The Labute approximate surface area is 99.8 Å². The summed E-state index contributed by atoms with van der Waals surface area (Å²) < 4.78 is 7.30. The number of rotatable bonds is 4. The summed E-state index contributed by atoms with van der Waals surface area (Å²) in [4.78, 5) is 11.7. The van der Waals surface area contributed by atoms with Crippen molar-refractivity contribution in [2.24, 2.45) is 7.05 Å². The Morgan fingerprint density at radius 1 is 1.41 bits per heavy atom. The summed E-state index contributed by atoms with van der Waals surface area (Å²) >= 11 is 0. The average molecular weight is 230 g/mol. The highest BCUT2D eigenvalue weighted by Crippen LogP contribution is 2.25. The fourth-order valence-corrected chi connectivity index (χ4v) is 1.55. The summed E-state index contributed by atoms with van der Waals surface area (Å²) in [6, 6.07) is 7.24. The van der Waals surface area contributed by atoms with Gasteiger partial charge in [-0.2, -0.15) is 5.10 Å². The van der Waals surface area contributed by atoms with Crippen molar-refractivity contribution in [3.63, 3.8) is 0 Å². The summed E-state index contributed by atoms with van der Waals surface area (Å²) in [6.07, 6.45) is 3.84. The molecular formula is C13H14N2O2. The average Bonchev–Trinajstić information content (AvgIpc) is 2.74. The monoisotopic (exact) mass is 230 g/mol. The van der Waals surface area contributed by atoms with Gasteiger partial charge in [0.25, 0.3) is 0 Å². The third kappa shape index (κ3) is 2.53. The van der Waals surface area contributed by atoms with Crippen molar-refractivity contribution < 1.29 is 9.53 Å². The number of ketones is 1. The van der Waals surface area contributed by atoms with E-state index in [-0.39, 0.29) is 5.78 Å². The highest BCUT2D eigenvalue weighted by Gasteiger charge is 2.11. The van der Waals surface area contributed by atoms with E-state index in [1.165, 1.54) is 0 Å². The summed E-state index contributed by atoms with van der Waals surface area (Å²) in [5, 5.41) is 4.01. The highest BCUT2D eigenvalue weighted by atomic mass is 16.5. The van der Waals surface area contributed by atoms with E-state index in [1.807, 2.05) is 26.1 Å². The predicted octanol–water partition coefficient (Wildman–Crippen LogP) is 2.81. The molecule has 0 saturated carbocycles. The molecule has 4 heteroatoms. The molecule has 2 aromatic rings. The van der Waals surface area contributed by atoms with E-state index < -0.39 is 0 Å². The molecule has 0 bridgehead atoms. The van der Waals surface area contributed by atoms with E-state index in [0.717, 1.165) is 0 Å². The zero-order valence-corrected chi connectivity index (χ0v) is 9.88. The Morgan fingerprint density at radius 3 is 2.82 bits per heavy atom. The van der Waals surface area contributed by atoms with Crippen molar-refractivity contribution in [3.05, 3.63) is 42.2 Å². The number of Topliss-reactive ketones (excluding diaryl/α,β-unsaturated/α-hetero) is 1. The molecule has 0 aliphatic rings. The second kappa shape index (κ2) is 4.82. The Kier molecular flexibility index (Phi) is 3.23. The Bertz CT molecular complexity index is 532. The van der Waals surface area contributed by atoms with Gasteiger partial charge >= 0.3 is 0 Å². The number of benzene rings is 1. The third-order valence-electron chi connectivity index (χ3n) is 2.42. The van der Waals surface area contributed by atoms with E-state index in [2.05, 4.69) is 5.10 Å². The van der Waals surface area contributed by atoms with Gasteiger partial charge in [-0.3, -0.25) is 9.48 Å². The molecule has 0 spiro atoms. The molecule has 0 N–H and O–H groups in total. The van der Waals surface area contributed by atoms with Crippen LogP contribution >= 0.6 is 0 Å². The minimum Gasteiger partial charge on any atom is -0.453 e. The molecular weight excluding hydrogens is 216 g/mol. The molecule has 1 aromatic heterocycles. The summed E-state index contributed by atoms with van der Waals surface area (Å²) in [7, 11) is 1.82. The molecule has 0 saturated heterocycles. The zero-order chi connectivity index (χ0) is 12.3. The lowest BCUT2D eigenvalue weighted by molar-refractivity contribution is 0.0986. The first-order chi connectivity index (χ1) is 8.20. The molecule has 0 aliphatic carbocycles. The van der Waals surface area contributed by atoms with Gasteiger partial charge < -0.3 is 4.74 Å². The highest BCUT2D eigenvalue weighted by molar-refractivity contribution is 5.98. The lowest BCUT2D eigenvalue weighted by Crippen LogP contribution is -1.99. The van der Waals surface area contributed by atoms with Crippen LogP contribution < -0.4 is 4.74 Å². The standard InChI is InChI=1S/C13H14N2O2/c1-3-12(16)11-6-4-5-7-13(11)17-10-8-14-15(2)9-10/h4-9H,3H2,1-2H3. The second-order valence-corrected chi connectivity index (χ2v) is 3.72. The number of aromatic nitrogens is 2. The number of para-hydroxylation sites is 1. The number of aryl methyl sites for hydroxylation is 1. The van der Waals surface area contributed by atoms with Crippen LogP contribution in [-0.2, 0) is 7.05 Å². The smallest absolute Gasteiger partial charge is 0.166 e. The topological polar surface area (TPSA) is 44.1 Å². The number of ether oxygens (including phenoxy) is 1. The molecule has 1 aromatic carbocycles. The van der Waals surface area contributed by atoms with Gasteiger partial charge in [-0.25, -0.2) is 0 Å². The van der Waals surface area contributed by atoms with Gasteiger partial charge in [0.15, 0.2) is 11.5 Å². The van der Waals surface area contributed by atoms with Crippen LogP contribution in [0.5, 0.6) is 11.5 Å². The number of hydrogen-bond donors (Lipinski definition) is 0. The second-order valence-electron chi connectivity index (χ2n) is 3.72. The van der Waals surface area contributed by atoms with Gasteiger partial charge in [-0.1, -0.05) is 19.1 Å². The van der Waals surface area contributed by atoms with Crippen molar-refractivity contribution >= 4 is 5.78 Å². The first kappa shape index (κ1) is 11.4. The van der Waals surface area contributed by atoms with Crippen LogP contribution in [0, 0.1) is 0 Å². The van der Waals surface area contributed by atoms with E-state index in [9.17, 15) is 4.79 Å². The van der Waals surface area contributed by atoms with E-state index in [1.54, 1.807) is 29.2 Å². The minimum absolute atomic E-state index is 0.0736. The molecule has 0 atom stereocenters. The number of carbonyl (C=O) groups excluding carboxylic acids is 1. The van der Waals surface area contributed by atoms with Crippen LogP contribution in [0.1, 0.15) is 23.7 Å². The maximum atomic E-state index is 11.7. The van der Waals surface area contributed by atoms with Crippen LogP contribution in [-0.4, -0.2) is 15.6 Å². The fourth-order valence-electron chi connectivity index (χ4n) is 1.55. The third-order valence-corrected chi connectivity index (χ3v) is 2.42. The summed E-state index contributed by atoms with van der Waals surface area (Å²) in [6.45, 7) is 1.84.